The van der Waals surface area contributed by atoms with Crippen molar-refractivity contribution in [3.05, 3.63) is 30.6 Å². The summed E-state index contributed by atoms with van der Waals surface area (Å²) >= 11 is 1.24. The minimum absolute atomic E-state index is 0.0293. The van der Waals surface area contributed by atoms with E-state index in [-0.39, 0.29) is 5.75 Å². The lowest BCUT2D eigenvalue weighted by Crippen LogP contribution is -2.09. The predicted octanol–water partition coefficient (Wildman–Crippen LogP) is 1.26. The number of thioether (sulfide) groups is 1. The van der Waals surface area contributed by atoms with E-state index in [1.807, 2.05) is 22.3 Å². The quantitative estimate of drug-likeness (QED) is 0.797. The van der Waals surface area contributed by atoms with E-state index in [9.17, 15) is 4.79 Å². The van der Waals surface area contributed by atoms with Gasteiger partial charge in [-0.2, -0.15) is 0 Å². The molecular formula is C11H14N4O2S. The van der Waals surface area contributed by atoms with Gasteiger partial charge in [0.2, 0.25) is 0 Å². The minimum Gasteiger partial charge on any atom is -0.481 e. The highest BCUT2D eigenvalue weighted by molar-refractivity contribution is 7.99. The monoisotopic (exact) mass is 266 g/mol. The summed E-state index contributed by atoms with van der Waals surface area (Å²) in [7, 11) is 0. The van der Waals surface area contributed by atoms with Crippen LogP contribution in [0.15, 0.2) is 30.1 Å². The first kappa shape index (κ1) is 12.7. The van der Waals surface area contributed by atoms with E-state index >= 15 is 0 Å². The molecule has 0 saturated carbocycles. The molecule has 0 radical (unpaired) electrons. The number of carboxylic acid groups (broad SMARTS) is 1. The maximum absolute atomic E-state index is 10.6. The summed E-state index contributed by atoms with van der Waals surface area (Å²) in [6.07, 6.45) is 7.16. The largest absolute Gasteiger partial charge is 0.481 e. The average Bonchev–Trinajstić information content (AvgIpc) is 2.94. The fourth-order valence-corrected chi connectivity index (χ4v) is 2.36. The van der Waals surface area contributed by atoms with Crippen LogP contribution < -0.4 is 0 Å². The summed E-state index contributed by atoms with van der Waals surface area (Å²) in [5.41, 5.74) is 1.03. The number of aryl methyl sites for hydroxylation is 2. The second-order valence-electron chi connectivity index (χ2n) is 3.82. The van der Waals surface area contributed by atoms with Crippen molar-refractivity contribution in [1.82, 2.24) is 19.1 Å². The summed E-state index contributed by atoms with van der Waals surface area (Å²) in [6, 6.07) is 0. The Labute approximate surface area is 109 Å². The van der Waals surface area contributed by atoms with E-state index in [4.69, 9.17) is 5.11 Å². The third-order valence-electron chi connectivity index (χ3n) is 2.48. The van der Waals surface area contributed by atoms with Crippen LogP contribution in [0.1, 0.15) is 5.69 Å². The van der Waals surface area contributed by atoms with Crippen molar-refractivity contribution < 1.29 is 9.90 Å². The van der Waals surface area contributed by atoms with Gasteiger partial charge in [0.15, 0.2) is 5.16 Å². The summed E-state index contributed by atoms with van der Waals surface area (Å²) in [6.45, 7) is 3.51. The molecule has 18 heavy (non-hydrogen) atoms. The molecule has 0 fully saturated rings. The Bertz CT molecular complexity index is 521. The van der Waals surface area contributed by atoms with E-state index in [0.717, 1.165) is 23.9 Å². The number of hydrogen-bond donors (Lipinski definition) is 1. The molecule has 0 bridgehead atoms. The summed E-state index contributed by atoms with van der Waals surface area (Å²) < 4.78 is 4.00. The van der Waals surface area contributed by atoms with Crippen molar-refractivity contribution in [2.24, 2.45) is 0 Å². The van der Waals surface area contributed by atoms with Gasteiger partial charge in [0.05, 0.1) is 12.1 Å². The first-order chi connectivity index (χ1) is 8.66. The lowest BCUT2D eigenvalue weighted by atomic mass is 10.5. The zero-order valence-corrected chi connectivity index (χ0v) is 10.8. The molecule has 2 rings (SSSR count). The Morgan fingerprint density at radius 1 is 1.50 bits per heavy atom. The Morgan fingerprint density at radius 2 is 2.33 bits per heavy atom. The van der Waals surface area contributed by atoms with Crippen LogP contribution >= 0.6 is 11.8 Å². The highest BCUT2D eigenvalue weighted by atomic mass is 32.2. The smallest absolute Gasteiger partial charge is 0.313 e. The molecule has 0 aliphatic heterocycles. The molecule has 0 saturated heterocycles. The summed E-state index contributed by atoms with van der Waals surface area (Å²) in [5, 5.41) is 9.43. The second kappa shape index (κ2) is 5.72. The van der Waals surface area contributed by atoms with Crippen LogP contribution in [0.4, 0.5) is 0 Å². The Kier molecular flexibility index (Phi) is 4.03. The SMILES string of the molecule is Cc1cnc(SCC(=O)O)n1CCn1ccnc1. The van der Waals surface area contributed by atoms with Crippen molar-refractivity contribution in [3.63, 3.8) is 0 Å². The van der Waals surface area contributed by atoms with Gasteiger partial charge in [-0.05, 0) is 6.92 Å². The van der Waals surface area contributed by atoms with Gasteiger partial charge in [0.25, 0.3) is 0 Å². The van der Waals surface area contributed by atoms with Gasteiger partial charge >= 0.3 is 5.97 Å². The van der Waals surface area contributed by atoms with Gasteiger partial charge < -0.3 is 14.2 Å². The van der Waals surface area contributed by atoms with Crippen LogP contribution in [0, 0.1) is 6.92 Å². The van der Waals surface area contributed by atoms with Crippen LogP contribution in [0.5, 0.6) is 0 Å². The van der Waals surface area contributed by atoms with Crippen molar-refractivity contribution in [2.45, 2.75) is 25.2 Å². The molecular weight excluding hydrogens is 252 g/mol. The van der Waals surface area contributed by atoms with Crippen LogP contribution in [-0.4, -0.2) is 35.9 Å². The number of imidazole rings is 2. The summed E-state index contributed by atoms with van der Waals surface area (Å²) in [4.78, 5) is 18.8. The molecule has 2 heterocycles. The van der Waals surface area contributed by atoms with E-state index in [0.29, 0.717) is 0 Å². The number of aliphatic carboxylic acids is 1. The van der Waals surface area contributed by atoms with Gasteiger partial charge in [-0.3, -0.25) is 4.79 Å². The Balaban J connectivity index is 2.02. The highest BCUT2D eigenvalue weighted by Gasteiger charge is 2.09. The zero-order chi connectivity index (χ0) is 13.0. The third kappa shape index (κ3) is 3.13. The van der Waals surface area contributed by atoms with Crippen LogP contribution in [0.2, 0.25) is 0 Å². The van der Waals surface area contributed by atoms with E-state index < -0.39 is 5.97 Å². The molecule has 7 heteroatoms. The fraction of sp³-hybridized carbons (Fsp3) is 0.364. The lowest BCUT2D eigenvalue weighted by Gasteiger charge is -2.09. The van der Waals surface area contributed by atoms with Gasteiger partial charge in [-0.15, -0.1) is 0 Å². The normalized spacial score (nSPS) is 10.7. The Hall–Kier alpha value is -1.76. The first-order valence-electron chi connectivity index (χ1n) is 5.49. The first-order valence-corrected chi connectivity index (χ1v) is 6.48. The molecule has 0 aliphatic carbocycles. The second-order valence-corrected chi connectivity index (χ2v) is 4.76. The number of carboxylic acids is 1. The molecule has 1 N–H and O–H groups in total. The molecule has 0 aliphatic rings. The van der Waals surface area contributed by atoms with Crippen LogP contribution in [0.3, 0.4) is 0 Å². The lowest BCUT2D eigenvalue weighted by molar-refractivity contribution is -0.133. The van der Waals surface area contributed by atoms with Gasteiger partial charge in [0, 0.05) is 37.4 Å². The van der Waals surface area contributed by atoms with E-state index in [1.54, 1.807) is 18.7 Å². The number of hydrogen-bond acceptors (Lipinski definition) is 4. The maximum Gasteiger partial charge on any atom is 0.313 e. The van der Waals surface area contributed by atoms with Crippen molar-refractivity contribution in [1.29, 1.82) is 0 Å². The molecule has 6 nitrogen and oxygen atoms in total. The fourth-order valence-electron chi connectivity index (χ4n) is 1.59. The van der Waals surface area contributed by atoms with E-state index in [1.165, 1.54) is 11.8 Å². The van der Waals surface area contributed by atoms with Gasteiger partial charge in [0.1, 0.15) is 0 Å². The molecule has 0 unspecified atom stereocenters. The topological polar surface area (TPSA) is 72.9 Å². The molecule has 0 spiro atoms. The minimum atomic E-state index is -0.832. The molecule has 0 aromatic carbocycles. The van der Waals surface area contributed by atoms with E-state index in [2.05, 4.69) is 9.97 Å². The number of carbonyl (C=O) groups is 1. The van der Waals surface area contributed by atoms with Gasteiger partial charge in [-0.25, -0.2) is 9.97 Å². The third-order valence-corrected chi connectivity index (χ3v) is 3.46. The molecule has 0 amide bonds. The molecule has 0 atom stereocenters. The molecule has 2 aromatic rings. The number of nitrogens with zero attached hydrogens (tertiary/aromatic N) is 4. The van der Waals surface area contributed by atoms with Crippen molar-refractivity contribution in [3.8, 4) is 0 Å². The number of rotatable bonds is 6. The molecule has 2 aromatic heterocycles. The average molecular weight is 266 g/mol. The van der Waals surface area contributed by atoms with Crippen LogP contribution in [0.25, 0.3) is 0 Å². The van der Waals surface area contributed by atoms with Crippen molar-refractivity contribution >= 4 is 17.7 Å². The van der Waals surface area contributed by atoms with Gasteiger partial charge in [-0.1, -0.05) is 11.8 Å². The summed E-state index contributed by atoms with van der Waals surface area (Å²) in [5.74, 6) is -0.802. The zero-order valence-electron chi connectivity index (χ0n) is 9.98. The van der Waals surface area contributed by atoms with Crippen molar-refractivity contribution in [2.75, 3.05) is 5.75 Å². The molecule has 96 valence electrons. The highest BCUT2D eigenvalue weighted by Crippen LogP contribution is 2.18. The maximum atomic E-state index is 10.6. The predicted molar refractivity (Wildman–Crippen MR) is 67.6 cm³/mol. The standard InChI is InChI=1S/C11H14N4O2S/c1-9-6-13-11(18-7-10(16)17)15(9)5-4-14-3-2-12-8-14/h2-3,6,8H,4-5,7H2,1H3,(H,16,17). The Morgan fingerprint density at radius 3 is 3.00 bits per heavy atom. The number of aromatic nitrogens is 4. The van der Waals surface area contributed by atoms with Crippen LogP contribution in [-0.2, 0) is 17.9 Å².